The van der Waals surface area contributed by atoms with Crippen LogP contribution in [0.15, 0.2) is 30.3 Å². The van der Waals surface area contributed by atoms with Crippen molar-refractivity contribution in [3.8, 4) is 0 Å². The van der Waals surface area contributed by atoms with Gasteiger partial charge in [0.15, 0.2) is 18.3 Å². The number of ether oxygens (including phenoxy) is 5. The summed E-state index contributed by atoms with van der Waals surface area (Å²) < 4.78 is 25.0. The highest BCUT2D eigenvalue weighted by Crippen LogP contribution is 2.09. The van der Waals surface area contributed by atoms with E-state index in [4.69, 9.17) is 23.7 Å². The number of benzene rings is 1. The first-order chi connectivity index (χ1) is 16.2. The van der Waals surface area contributed by atoms with Gasteiger partial charge in [0.2, 0.25) is 0 Å². The molecule has 0 saturated heterocycles. The average molecular weight is 496 g/mol. The third-order valence-corrected chi connectivity index (χ3v) is 4.19. The zero-order chi connectivity index (χ0) is 26.8. The maximum absolute atomic E-state index is 12.2. The first-order valence-electron chi connectivity index (χ1n) is 11.0. The fourth-order valence-electron chi connectivity index (χ4n) is 2.35. The average Bonchev–Trinajstić information content (AvgIpc) is 2.76. The molecule has 1 N–H and O–H groups in total. The Balaban J connectivity index is 2.46. The van der Waals surface area contributed by atoms with Gasteiger partial charge in [0.25, 0.3) is 0 Å². The molecule has 11 heteroatoms. The molecule has 4 atom stereocenters. The molecule has 11 nitrogen and oxygen atoms in total. The maximum atomic E-state index is 12.2. The van der Waals surface area contributed by atoms with E-state index in [2.05, 4.69) is 5.32 Å². The Morgan fingerprint density at radius 1 is 0.743 bits per heavy atom. The fourth-order valence-corrected chi connectivity index (χ4v) is 2.35. The number of amides is 1. The SMILES string of the molecule is C[C@H](NC(=O)OC(C)(C)C)C(=O)O[C@@H](C)C(=O)O[C@@H](C)C(=O)O[C@@H](C)C(=O)OCc1ccccc1. The lowest BCUT2D eigenvalue weighted by Gasteiger charge is -2.22. The minimum Gasteiger partial charge on any atom is -0.458 e. The summed E-state index contributed by atoms with van der Waals surface area (Å²) in [5.74, 6) is -3.69. The van der Waals surface area contributed by atoms with Gasteiger partial charge in [0, 0.05) is 0 Å². The van der Waals surface area contributed by atoms with E-state index >= 15 is 0 Å². The Labute approximate surface area is 204 Å². The van der Waals surface area contributed by atoms with Gasteiger partial charge in [0.1, 0.15) is 18.2 Å². The molecule has 0 heterocycles. The summed E-state index contributed by atoms with van der Waals surface area (Å²) in [6.07, 6.45) is -4.83. The monoisotopic (exact) mass is 495 g/mol. The van der Waals surface area contributed by atoms with E-state index in [-0.39, 0.29) is 6.61 Å². The molecule has 0 unspecified atom stereocenters. The quantitative estimate of drug-likeness (QED) is 0.380. The number of hydrogen-bond donors (Lipinski definition) is 1. The zero-order valence-corrected chi connectivity index (χ0v) is 21.0. The third kappa shape index (κ3) is 11.4. The van der Waals surface area contributed by atoms with Gasteiger partial charge in [-0.1, -0.05) is 30.3 Å². The van der Waals surface area contributed by atoms with Crippen molar-refractivity contribution < 1.29 is 47.7 Å². The number of rotatable bonds is 10. The lowest BCUT2D eigenvalue weighted by atomic mass is 10.2. The molecule has 0 aliphatic carbocycles. The minimum absolute atomic E-state index is 0.0101. The molecule has 194 valence electrons. The Kier molecular flexibility index (Phi) is 11.2. The van der Waals surface area contributed by atoms with Crippen LogP contribution in [0.2, 0.25) is 0 Å². The van der Waals surface area contributed by atoms with Crippen LogP contribution in [-0.2, 0) is 49.5 Å². The zero-order valence-electron chi connectivity index (χ0n) is 21.0. The van der Waals surface area contributed by atoms with E-state index in [0.29, 0.717) is 0 Å². The Morgan fingerprint density at radius 2 is 1.20 bits per heavy atom. The molecule has 0 aliphatic rings. The van der Waals surface area contributed by atoms with Crippen LogP contribution in [0.4, 0.5) is 4.79 Å². The number of hydrogen-bond acceptors (Lipinski definition) is 10. The Hall–Kier alpha value is -3.63. The number of nitrogens with one attached hydrogen (secondary N) is 1. The van der Waals surface area contributed by atoms with Crippen molar-refractivity contribution in [2.24, 2.45) is 0 Å². The molecule has 0 fully saturated rings. The summed E-state index contributed by atoms with van der Waals surface area (Å²) in [5.41, 5.74) is 0.00640. The molecule has 0 aliphatic heterocycles. The molecule has 0 radical (unpaired) electrons. The largest absolute Gasteiger partial charge is 0.458 e. The summed E-state index contributed by atoms with van der Waals surface area (Å²) in [6.45, 7) is 10.1. The van der Waals surface area contributed by atoms with E-state index in [1.807, 2.05) is 6.07 Å². The van der Waals surface area contributed by atoms with E-state index < -0.39 is 59.9 Å². The summed E-state index contributed by atoms with van der Waals surface area (Å²) in [6, 6.07) is 7.84. The molecule has 0 spiro atoms. The van der Waals surface area contributed by atoms with Crippen molar-refractivity contribution in [2.45, 2.75) is 85.0 Å². The van der Waals surface area contributed by atoms with Crippen molar-refractivity contribution in [3.05, 3.63) is 35.9 Å². The van der Waals surface area contributed by atoms with Gasteiger partial charge >= 0.3 is 30.0 Å². The molecule has 1 rings (SSSR count). The lowest BCUT2D eigenvalue weighted by Crippen LogP contribution is -2.44. The minimum atomic E-state index is -1.38. The van der Waals surface area contributed by atoms with Crippen LogP contribution >= 0.6 is 0 Å². The van der Waals surface area contributed by atoms with Gasteiger partial charge in [-0.05, 0) is 54.0 Å². The molecule has 0 aromatic heterocycles. The fraction of sp³-hybridized carbons (Fsp3) is 0.542. The molecule has 1 aromatic carbocycles. The van der Waals surface area contributed by atoms with Crippen LogP contribution in [0.5, 0.6) is 0 Å². The molecule has 0 saturated carbocycles. The Morgan fingerprint density at radius 3 is 1.69 bits per heavy atom. The van der Waals surface area contributed by atoms with Crippen LogP contribution in [0.25, 0.3) is 0 Å². The summed E-state index contributed by atoms with van der Waals surface area (Å²) >= 11 is 0. The van der Waals surface area contributed by atoms with Gasteiger partial charge < -0.3 is 29.0 Å². The number of esters is 4. The first kappa shape index (κ1) is 29.4. The summed E-state index contributed by atoms with van der Waals surface area (Å²) in [4.78, 5) is 60.3. The Bertz CT molecular complexity index is 893. The van der Waals surface area contributed by atoms with Gasteiger partial charge in [-0.15, -0.1) is 0 Å². The molecule has 35 heavy (non-hydrogen) atoms. The summed E-state index contributed by atoms with van der Waals surface area (Å²) in [7, 11) is 0. The van der Waals surface area contributed by atoms with Gasteiger partial charge in [0.05, 0.1) is 0 Å². The van der Waals surface area contributed by atoms with Crippen molar-refractivity contribution in [1.82, 2.24) is 5.32 Å². The number of alkyl carbamates (subject to hydrolysis) is 1. The van der Waals surface area contributed by atoms with E-state index in [1.54, 1.807) is 45.0 Å². The molecular formula is C24H33NO10. The number of carbonyl (C=O) groups excluding carboxylic acids is 5. The normalized spacial score (nSPS) is 14.4. The predicted molar refractivity (Wildman–Crippen MR) is 122 cm³/mol. The van der Waals surface area contributed by atoms with Gasteiger partial charge in [-0.25, -0.2) is 24.0 Å². The lowest BCUT2D eigenvalue weighted by molar-refractivity contribution is -0.182. The third-order valence-electron chi connectivity index (χ3n) is 4.19. The highest BCUT2D eigenvalue weighted by Gasteiger charge is 2.30. The first-order valence-corrected chi connectivity index (χ1v) is 11.0. The topological polar surface area (TPSA) is 144 Å². The second kappa shape index (κ2) is 13.3. The second-order valence-corrected chi connectivity index (χ2v) is 8.70. The standard InChI is InChI=1S/C24H33NO10/c1-14(25-23(30)35-24(5,6)7)19(26)32-16(3)21(28)34-17(4)22(29)33-15(2)20(27)31-13-18-11-9-8-10-12-18/h8-12,14-17H,13H2,1-7H3,(H,25,30)/t14-,15-,16-,17-/m0/s1. The van der Waals surface area contributed by atoms with Crippen molar-refractivity contribution >= 4 is 30.0 Å². The molecule has 1 amide bonds. The van der Waals surface area contributed by atoms with Crippen molar-refractivity contribution in [1.29, 1.82) is 0 Å². The molecule has 1 aromatic rings. The summed E-state index contributed by atoms with van der Waals surface area (Å²) in [5, 5.41) is 2.29. The van der Waals surface area contributed by atoms with Gasteiger partial charge in [-0.2, -0.15) is 0 Å². The van der Waals surface area contributed by atoms with Crippen LogP contribution in [0.3, 0.4) is 0 Å². The van der Waals surface area contributed by atoms with E-state index in [0.717, 1.165) is 5.56 Å². The van der Waals surface area contributed by atoms with Crippen molar-refractivity contribution in [2.75, 3.05) is 0 Å². The van der Waals surface area contributed by atoms with E-state index in [9.17, 15) is 24.0 Å². The van der Waals surface area contributed by atoms with Crippen LogP contribution in [0, 0.1) is 0 Å². The molecule has 0 bridgehead atoms. The van der Waals surface area contributed by atoms with Crippen LogP contribution < -0.4 is 5.32 Å². The predicted octanol–water partition coefficient (Wildman–Crippen LogP) is 2.44. The van der Waals surface area contributed by atoms with E-state index in [1.165, 1.54) is 27.7 Å². The van der Waals surface area contributed by atoms with Gasteiger partial charge in [-0.3, -0.25) is 0 Å². The molecular weight excluding hydrogens is 462 g/mol. The van der Waals surface area contributed by atoms with Crippen molar-refractivity contribution in [3.63, 3.8) is 0 Å². The van der Waals surface area contributed by atoms with Crippen LogP contribution in [-0.4, -0.2) is 59.9 Å². The highest BCUT2D eigenvalue weighted by molar-refractivity contribution is 5.86. The van der Waals surface area contributed by atoms with Crippen LogP contribution in [0.1, 0.15) is 54.0 Å². The number of carbonyl (C=O) groups is 5. The second-order valence-electron chi connectivity index (χ2n) is 8.70. The highest BCUT2D eigenvalue weighted by atomic mass is 16.6. The smallest absolute Gasteiger partial charge is 0.408 e. The maximum Gasteiger partial charge on any atom is 0.408 e.